The lowest BCUT2D eigenvalue weighted by Gasteiger charge is -2.05. The van der Waals surface area contributed by atoms with Gasteiger partial charge in [0.15, 0.2) is 0 Å². The molecule has 0 unspecified atom stereocenters. The number of nitrogens with one attached hydrogen (secondary N) is 2. The summed E-state index contributed by atoms with van der Waals surface area (Å²) < 4.78 is 0. The Morgan fingerprint density at radius 3 is 2.53 bits per heavy atom. The standard InChI is InChI=1S/C13H16N2O2/c1-2-12(16)15-10-13(17)14-9-8-11-6-4-3-5-7-11/h2-7H,1,8-10H2,(H,14,17)(H,15,16). The first-order chi connectivity index (χ1) is 8.22. The number of carbonyl (C=O) groups excluding carboxylic acids is 2. The third kappa shape index (κ3) is 5.51. The minimum atomic E-state index is -0.344. The fourth-order valence-corrected chi connectivity index (χ4v) is 1.29. The molecule has 0 saturated carbocycles. The number of carbonyl (C=O) groups is 2. The van der Waals surface area contributed by atoms with E-state index < -0.39 is 0 Å². The molecule has 17 heavy (non-hydrogen) atoms. The SMILES string of the molecule is C=CC(=O)NCC(=O)NCCc1ccccc1. The van der Waals surface area contributed by atoms with Crippen molar-refractivity contribution < 1.29 is 9.59 Å². The number of amides is 2. The zero-order valence-electron chi connectivity index (χ0n) is 9.61. The van der Waals surface area contributed by atoms with Gasteiger partial charge in [0.25, 0.3) is 0 Å². The highest BCUT2D eigenvalue weighted by atomic mass is 16.2. The fraction of sp³-hybridized carbons (Fsp3) is 0.231. The van der Waals surface area contributed by atoms with Crippen molar-refractivity contribution in [2.24, 2.45) is 0 Å². The van der Waals surface area contributed by atoms with Crippen molar-refractivity contribution in [3.05, 3.63) is 48.6 Å². The van der Waals surface area contributed by atoms with Gasteiger partial charge in [-0.25, -0.2) is 0 Å². The monoisotopic (exact) mass is 232 g/mol. The quantitative estimate of drug-likeness (QED) is 0.707. The molecule has 0 aliphatic heterocycles. The molecular weight excluding hydrogens is 216 g/mol. The smallest absolute Gasteiger partial charge is 0.243 e. The summed E-state index contributed by atoms with van der Waals surface area (Å²) in [4.78, 5) is 22.1. The molecule has 0 saturated heterocycles. The second-order valence-electron chi connectivity index (χ2n) is 3.51. The molecule has 2 amide bonds. The van der Waals surface area contributed by atoms with E-state index in [1.54, 1.807) is 0 Å². The van der Waals surface area contributed by atoms with Gasteiger partial charge in [-0.3, -0.25) is 9.59 Å². The Balaban J connectivity index is 2.16. The molecule has 0 aromatic heterocycles. The summed E-state index contributed by atoms with van der Waals surface area (Å²) in [5.41, 5.74) is 1.17. The Kier molecular flexibility index (Phi) is 5.51. The van der Waals surface area contributed by atoms with Crippen molar-refractivity contribution in [3.63, 3.8) is 0 Å². The highest BCUT2D eigenvalue weighted by Gasteiger charge is 2.01. The number of rotatable bonds is 6. The van der Waals surface area contributed by atoms with Crippen LogP contribution >= 0.6 is 0 Å². The average molecular weight is 232 g/mol. The minimum Gasteiger partial charge on any atom is -0.354 e. The van der Waals surface area contributed by atoms with Gasteiger partial charge in [0.05, 0.1) is 6.54 Å². The molecule has 0 fully saturated rings. The van der Waals surface area contributed by atoms with E-state index in [4.69, 9.17) is 0 Å². The maximum atomic E-state index is 11.3. The van der Waals surface area contributed by atoms with Gasteiger partial charge in [-0.05, 0) is 18.1 Å². The molecule has 4 nitrogen and oxygen atoms in total. The van der Waals surface area contributed by atoms with Crippen LogP contribution in [0.2, 0.25) is 0 Å². The molecule has 0 atom stereocenters. The average Bonchev–Trinajstić information content (AvgIpc) is 2.37. The van der Waals surface area contributed by atoms with Crippen molar-refractivity contribution in [2.45, 2.75) is 6.42 Å². The maximum Gasteiger partial charge on any atom is 0.243 e. The van der Waals surface area contributed by atoms with Gasteiger partial charge >= 0.3 is 0 Å². The summed E-state index contributed by atoms with van der Waals surface area (Å²) in [5, 5.41) is 5.13. The van der Waals surface area contributed by atoms with E-state index in [1.807, 2.05) is 30.3 Å². The Morgan fingerprint density at radius 1 is 1.18 bits per heavy atom. The van der Waals surface area contributed by atoms with E-state index in [-0.39, 0.29) is 18.4 Å². The van der Waals surface area contributed by atoms with Crippen LogP contribution in [-0.2, 0) is 16.0 Å². The minimum absolute atomic E-state index is 0.0142. The normalized spacial score (nSPS) is 9.41. The molecule has 2 N–H and O–H groups in total. The third-order valence-corrected chi connectivity index (χ3v) is 2.19. The summed E-state index contributed by atoms with van der Waals surface area (Å²) in [5.74, 6) is -0.542. The molecule has 0 spiro atoms. The highest BCUT2D eigenvalue weighted by Crippen LogP contribution is 1.97. The van der Waals surface area contributed by atoms with Crippen LogP contribution in [0, 0.1) is 0 Å². The summed E-state index contributed by atoms with van der Waals surface area (Å²) in [7, 11) is 0. The van der Waals surface area contributed by atoms with Crippen molar-refractivity contribution in [1.29, 1.82) is 0 Å². The Bertz CT molecular complexity index is 388. The first-order valence-corrected chi connectivity index (χ1v) is 5.43. The van der Waals surface area contributed by atoms with Crippen LogP contribution < -0.4 is 10.6 Å². The van der Waals surface area contributed by atoms with Crippen LogP contribution in [0.1, 0.15) is 5.56 Å². The van der Waals surface area contributed by atoms with Gasteiger partial charge in [-0.1, -0.05) is 36.9 Å². The van der Waals surface area contributed by atoms with Crippen molar-refractivity contribution >= 4 is 11.8 Å². The highest BCUT2D eigenvalue weighted by molar-refractivity contribution is 5.90. The number of hydrogen-bond donors (Lipinski definition) is 2. The molecular formula is C13H16N2O2. The van der Waals surface area contributed by atoms with Crippen LogP contribution in [0.5, 0.6) is 0 Å². The van der Waals surface area contributed by atoms with Crippen molar-refractivity contribution in [1.82, 2.24) is 10.6 Å². The molecule has 1 aromatic carbocycles. The first kappa shape index (κ1) is 13.0. The zero-order valence-corrected chi connectivity index (χ0v) is 9.61. The van der Waals surface area contributed by atoms with E-state index in [0.29, 0.717) is 6.54 Å². The maximum absolute atomic E-state index is 11.3. The molecule has 90 valence electrons. The molecule has 0 aliphatic carbocycles. The van der Waals surface area contributed by atoms with Crippen LogP contribution in [0.15, 0.2) is 43.0 Å². The van der Waals surface area contributed by atoms with Crippen LogP contribution in [0.3, 0.4) is 0 Å². The van der Waals surface area contributed by atoms with E-state index in [0.717, 1.165) is 12.5 Å². The van der Waals surface area contributed by atoms with E-state index in [9.17, 15) is 9.59 Å². The fourth-order valence-electron chi connectivity index (χ4n) is 1.29. The Hall–Kier alpha value is -2.10. The number of benzene rings is 1. The van der Waals surface area contributed by atoms with Crippen LogP contribution in [0.25, 0.3) is 0 Å². The molecule has 1 rings (SSSR count). The van der Waals surface area contributed by atoms with Gasteiger partial charge in [-0.2, -0.15) is 0 Å². The molecule has 1 aromatic rings. The molecule has 0 heterocycles. The van der Waals surface area contributed by atoms with E-state index >= 15 is 0 Å². The second kappa shape index (κ2) is 7.22. The Morgan fingerprint density at radius 2 is 1.88 bits per heavy atom. The lowest BCUT2D eigenvalue weighted by Crippen LogP contribution is -2.37. The van der Waals surface area contributed by atoms with Crippen molar-refractivity contribution in [2.75, 3.05) is 13.1 Å². The zero-order chi connectivity index (χ0) is 12.5. The molecule has 0 bridgehead atoms. The van der Waals surface area contributed by atoms with Gasteiger partial charge in [0.1, 0.15) is 0 Å². The summed E-state index contributed by atoms with van der Waals surface area (Å²) in [6.45, 7) is 3.84. The van der Waals surface area contributed by atoms with Crippen LogP contribution in [0.4, 0.5) is 0 Å². The largest absolute Gasteiger partial charge is 0.354 e. The molecule has 0 aliphatic rings. The topological polar surface area (TPSA) is 58.2 Å². The lowest BCUT2D eigenvalue weighted by molar-refractivity contribution is -0.123. The summed E-state index contributed by atoms with van der Waals surface area (Å²) in [6, 6.07) is 9.88. The molecule has 0 radical (unpaired) electrons. The van der Waals surface area contributed by atoms with Gasteiger partial charge in [0, 0.05) is 6.54 Å². The lowest BCUT2D eigenvalue weighted by atomic mass is 10.1. The first-order valence-electron chi connectivity index (χ1n) is 5.43. The Labute approximate surface area is 101 Å². The third-order valence-electron chi connectivity index (χ3n) is 2.19. The number of hydrogen-bond acceptors (Lipinski definition) is 2. The van der Waals surface area contributed by atoms with Crippen LogP contribution in [-0.4, -0.2) is 24.9 Å². The summed E-state index contributed by atoms with van der Waals surface area (Å²) >= 11 is 0. The predicted molar refractivity (Wildman–Crippen MR) is 66.4 cm³/mol. The van der Waals surface area contributed by atoms with Gasteiger partial charge < -0.3 is 10.6 Å². The van der Waals surface area contributed by atoms with Gasteiger partial charge in [-0.15, -0.1) is 0 Å². The predicted octanol–water partition coefficient (Wildman–Crippen LogP) is 0.647. The van der Waals surface area contributed by atoms with Gasteiger partial charge in [0.2, 0.25) is 11.8 Å². The summed E-state index contributed by atoms with van der Waals surface area (Å²) in [6.07, 6.45) is 1.92. The molecule has 4 heteroatoms. The van der Waals surface area contributed by atoms with Crippen molar-refractivity contribution in [3.8, 4) is 0 Å². The van der Waals surface area contributed by atoms with E-state index in [2.05, 4.69) is 17.2 Å². The second-order valence-corrected chi connectivity index (χ2v) is 3.51. The van der Waals surface area contributed by atoms with E-state index in [1.165, 1.54) is 5.56 Å².